The van der Waals surface area contributed by atoms with E-state index < -0.39 is 82.4 Å². The minimum absolute atomic E-state index is 0. The Hall–Kier alpha value is 5.47. The molecule has 0 aromatic carbocycles. The van der Waals surface area contributed by atoms with Gasteiger partial charge in [0.2, 0.25) is 0 Å². The molecule has 0 heterocycles. The van der Waals surface area contributed by atoms with Gasteiger partial charge >= 0.3 is 238 Å². The van der Waals surface area contributed by atoms with Crippen molar-refractivity contribution in [1.29, 1.82) is 0 Å². The molecule has 0 fully saturated rings. The van der Waals surface area contributed by atoms with Crippen LogP contribution in [0.4, 0.5) is 0 Å². The molecule has 0 aliphatic carbocycles. The second-order valence-electron chi connectivity index (χ2n) is 0.894. The van der Waals surface area contributed by atoms with Crippen molar-refractivity contribution in [3.63, 3.8) is 0 Å². The summed E-state index contributed by atoms with van der Waals surface area (Å²) in [6, 6.07) is 0. The first-order valence-corrected chi connectivity index (χ1v) is 14.7. The molecular weight excluding hydrogens is 787 g/mol. The third-order valence-electron chi connectivity index (χ3n) is 0. The molecule has 0 atom stereocenters. The third-order valence-corrected chi connectivity index (χ3v) is 0. The Morgan fingerprint density at radius 2 is 0.381 bits per heavy atom. The molecule has 21 heteroatoms. The maximum atomic E-state index is 8.60. The van der Waals surface area contributed by atoms with Crippen LogP contribution in [0.3, 0.4) is 0 Å². The van der Waals surface area contributed by atoms with E-state index in [-0.39, 0.29) is 124 Å². The molecule has 0 aromatic heterocycles. The molecule has 0 rings (SSSR count). The van der Waals surface area contributed by atoms with Gasteiger partial charge in [0.1, 0.15) is 0 Å². The van der Waals surface area contributed by atoms with Gasteiger partial charge in [0.15, 0.2) is 0 Å². The van der Waals surface area contributed by atoms with Gasteiger partial charge in [0.05, 0.1) is 0 Å². The Labute approximate surface area is 237 Å². The standard InChI is InChI=1S/4Na.H2O.12O.4Sb/h;;;;1H2;;;;;;;;;;;;;;;;/q4*+1;;;;;;;;;;4*-1;;;;. The number of hydrogen-bond acceptors (Lipinski definition) is 12. The van der Waals surface area contributed by atoms with Crippen LogP contribution in [-0.2, 0) is 24.1 Å². The van der Waals surface area contributed by atoms with Crippen LogP contribution < -0.4 is 132 Å². The second kappa shape index (κ2) is 50.0. The second-order valence-corrected chi connectivity index (χ2v) is 6.00. The van der Waals surface area contributed by atoms with Crippen LogP contribution in [0.1, 0.15) is 0 Å². The SMILES string of the molecule is O.[Na+].[Na+].[Na+].[Na+].[O]=[Sb](=[O])[O-].[O]=[Sb](=[O])[O-].[O]=[Sb](=[O])[O-].[O]=[Sb](=[O])[O-]. The van der Waals surface area contributed by atoms with Gasteiger partial charge in [-0.15, -0.1) is 0 Å². The number of hydrogen-bond donors (Lipinski definition) is 0. The monoisotopic (exact) mass is 786 g/mol. The predicted octanol–water partition coefficient (Wildman–Crippen LogP) is -20.0. The van der Waals surface area contributed by atoms with E-state index in [2.05, 4.69) is 0 Å². The molecule has 0 saturated heterocycles. The van der Waals surface area contributed by atoms with E-state index in [1.54, 1.807) is 0 Å². The Balaban J connectivity index is -0.0000000121. The van der Waals surface area contributed by atoms with Crippen molar-refractivity contribution in [3.8, 4) is 0 Å². The molecule has 0 amide bonds. The normalized spacial score (nSPS) is 4.76. The van der Waals surface area contributed by atoms with Gasteiger partial charge in [-0.25, -0.2) is 0 Å². The van der Waals surface area contributed by atoms with Crippen LogP contribution in [0.25, 0.3) is 0 Å². The first-order chi connectivity index (χ1) is 6.93. The van der Waals surface area contributed by atoms with E-state index in [9.17, 15) is 0 Å². The van der Waals surface area contributed by atoms with E-state index in [0.29, 0.717) is 0 Å². The molecule has 2 N–H and O–H groups in total. The molecule has 0 saturated carbocycles. The van der Waals surface area contributed by atoms with Crippen LogP contribution in [0, 0.1) is 0 Å². The zero-order chi connectivity index (χ0) is 14.3. The van der Waals surface area contributed by atoms with Crippen LogP contribution in [-0.4, -0.2) is 87.9 Å². The molecule has 0 spiro atoms. The van der Waals surface area contributed by atoms with Crippen molar-refractivity contribution in [2.75, 3.05) is 0 Å². The molecule has 104 valence electrons. The summed E-state index contributed by atoms with van der Waals surface area (Å²) < 4.78 is 103. The summed E-state index contributed by atoms with van der Waals surface area (Å²) in [6.45, 7) is 0. The molecule has 0 unspecified atom stereocenters. The van der Waals surface area contributed by atoms with E-state index >= 15 is 0 Å². The van der Waals surface area contributed by atoms with Crippen molar-refractivity contribution >= 4 is 82.4 Å². The van der Waals surface area contributed by atoms with Gasteiger partial charge in [0, 0.05) is 0 Å². The summed E-state index contributed by atoms with van der Waals surface area (Å²) in [6.07, 6.45) is 0. The van der Waals surface area contributed by atoms with Crippen LogP contribution >= 0.6 is 0 Å². The predicted molar refractivity (Wildman–Crippen MR) is 32.1 cm³/mol. The summed E-state index contributed by atoms with van der Waals surface area (Å²) in [4.78, 5) is 0. The van der Waals surface area contributed by atoms with E-state index in [1.807, 2.05) is 0 Å². The van der Waals surface area contributed by atoms with E-state index in [1.165, 1.54) is 0 Å². The van der Waals surface area contributed by atoms with Gasteiger partial charge in [-0.1, -0.05) is 0 Å². The molecule has 21 heavy (non-hydrogen) atoms. The van der Waals surface area contributed by atoms with Crippen molar-refractivity contribution in [2.24, 2.45) is 0 Å². The Bertz CT molecular complexity index is 302. The summed E-state index contributed by atoms with van der Waals surface area (Å²) >= 11 is -16.8. The van der Waals surface area contributed by atoms with Gasteiger partial charge < -0.3 is 5.48 Å². The quantitative estimate of drug-likeness (QED) is 0.207. The zero-order valence-electron chi connectivity index (χ0n) is 11.2. The topological polar surface area (TPSA) is 260 Å². The Morgan fingerprint density at radius 3 is 0.381 bits per heavy atom. The fraction of sp³-hybridized carbons (Fsp3) is 0. The molecule has 0 aliphatic heterocycles. The third kappa shape index (κ3) is 469. The summed E-state index contributed by atoms with van der Waals surface area (Å²) in [5, 5.41) is 0. The van der Waals surface area contributed by atoms with Gasteiger partial charge in [-0.3, -0.25) is 0 Å². The number of rotatable bonds is 0. The van der Waals surface area contributed by atoms with Crippen molar-refractivity contribution in [3.05, 3.63) is 0 Å². The molecular formula is H2Na4O13Sb4. The molecule has 0 aromatic rings. The first-order valence-electron chi connectivity index (χ1n) is 2.19. The molecule has 0 aliphatic rings. The summed E-state index contributed by atoms with van der Waals surface area (Å²) in [5.74, 6) is 0. The van der Waals surface area contributed by atoms with Crippen LogP contribution in [0.15, 0.2) is 0 Å². The summed E-state index contributed by atoms with van der Waals surface area (Å²) in [7, 11) is 0. The van der Waals surface area contributed by atoms with Crippen molar-refractivity contribution < 1.29 is 161 Å². The van der Waals surface area contributed by atoms with Crippen molar-refractivity contribution in [1.82, 2.24) is 0 Å². The Kier molecular flexibility index (Phi) is 134. The van der Waals surface area contributed by atoms with E-state index in [4.69, 9.17) is 37.7 Å². The molecule has 13 nitrogen and oxygen atoms in total. The van der Waals surface area contributed by atoms with Gasteiger partial charge in [-0.05, 0) is 0 Å². The van der Waals surface area contributed by atoms with Crippen molar-refractivity contribution in [2.45, 2.75) is 0 Å². The minimum atomic E-state index is -4.20. The summed E-state index contributed by atoms with van der Waals surface area (Å²) in [5.41, 5.74) is 0. The average Bonchev–Trinajstić information content (AvgIpc) is 1.76. The zero-order valence-corrected chi connectivity index (χ0v) is 29.4. The van der Waals surface area contributed by atoms with Gasteiger partial charge in [0.25, 0.3) is 0 Å². The molecule has 0 bridgehead atoms. The first kappa shape index (κ1) is 56.3. The van der Waals surface area contributed by atoms with E-state index in [0.717, 1.165) is 0 Å². The van der Waals surface area contributed by atoms with Crippen LogP contribution in [0.5, 0.6) is 0 Å². The Morgan fingerprint density at radius 1 is 0.381 bits per heavy atom. The van der Waals surface area contributed by atoms with Crippen LogP contribution in [0.2, 0.25) is 0 Å². The van der Waals surface area contributed by atoms with Gasteiger partial charge in [-0.2, -0.15) is 0 Å². The maximum absolute atomic E-state index is 8.60. The fourth-order valence-corrected chi connectivity index (χ4v) is 0. The fourth-order valence-electron chi connectivity index (χ4n) is 0. The average molecular weight is 789 g/mol. The molecule has 0 radical (unpaired) electrons.